The summed E-state index contributed by atoms with van der Waals surface area (Å²) in [6.07, 6.45) is 0.128. The first-order valence-electron chi connectivity index (χ1n) is 6.43. The van der Waals surface area contributed by atoms with Crippen molar-refractivity contribution >= 4 is 34.8 Å². The van der Waals surface area contributed by atoms with Gasteiger partial charge in [-0.3, -0.25) is 14.4 Å². The summed E-state index contributed by atoms with van der Waals surface area (Å²) in [5, 5.41) is 4.35. The highest BCUT2D eigenvalue weighted by Crippen LogP contribution is 2.14. The third-order valence-electron chi connectivity index (χ3n) is 2.73. The van der Waals surface area contributed by atoms with E-state index in [1.54, 1.807) is 18.2 Å². The van der Waals surface area contributed by atoms with Gasteiger partial charge < -0.3 is 15.8 Å². The second-order valence-corrected chi connectivity index (χ2v) is 5.41. The second-order valence-electron chi connectivity index (χ2n) is 4.37. The van der Waals surface area contributed by atoms with E-state index in [1.165, 1.54) is 17.4 Å². The molecule has 0 fully saturated rings. The van der Waals surface area contributed by atoms with Gasteiger partial charge in [-0.15, -0.1) is 11.3 Å². The molecule has 2 aromatic rings. The highest BCUT2D eigenvalue weighted by atomic mass is 32.1. The molecule has 22 heavy (non-hydrogen) atoms. The molecule has 7 heteroatoms. The van der Waals surface area contributed by atoms with Gasteiger partial charge in [-0.1, -0.05) is 18.2 Å². The number of benzene rings is 1. The molecule has 0 bridgehead atoms. The van der Waals surface area contributed by atoms with E-state index in [4.69, 9.17) is 10.5 Å². The minimum atomic E-state index is -0.648. The Balaban J connectivity index is 1.86. The Morgan fingerprint density at radius 1 is 1.14 bits per heavy atom. The third-order valence-corrected chi connectivity index (χ3v) is 3.61. The average Bonchev–Trinajstić information content (AvgIpc) is 2.98. The van der Waals surface area contributed by atoms with E-state index in [9.17, 15) is 14.4 Å². The number of nitrogens with two attached hydrogens (primary N) is 1. The van der Waals surface area contributed by atoms with Gasteiger partial charge >= 0.3 is 5.97 Å². The lowest BCUT2D eigenvalue weighted by Gasteiger charge is -2.09. The van der Waals surface area contributed by atoms with Crippen LogP contribution >= 0.6 is 11.3 Å². The van der Waals surface area contributed by atoms with Crippen LogP contribution in [0.4, 0.5) is 5.69 Å². The van der Waals surface area contributed by atoms with Crippen molar-refractivity contribution < 1.29 is 19.1 Å². The number of esters is 1. The van der Waals surface area contributed by atoms with Crippen LogP contribution < -0.4 is 11.1 Å². The molecule has 0 saturated carbocycles. The van der Waals surface area contributed by atoms with Crippen molar-refractivity contribution in [3.05, 3.63) is 52.2 Å². The maximum atomic E-state index is 11.8. The van der Waals surface area contributed by atoms with Gasteiger partial charge in [-0.2, -0.15) is 0 Å². The number of rotatable bonds is 6. The molecule has 1 aromatic carbocycles. The Labute approximate surface area is 130 Å². The van der Waals surface area contributed by atoms with E-state index in [0.717, 1.165) is 4.88 Å². The van der Waals surface area contributed by atoms with Gasteiger partial charge in [0.15, 0.2) is 6.61 Å². The summed E-state index contributed by atoms with van der Waals surface area (Å²) in [4.78, 5) is 35.4. The highest BCUT2D eigenvalue weighted by Gasteiger charge is 2.12. The maximum Gasteiger partial charge on any atom is 0.311 e. The van der Waals surface area contributed by atoms with E-state index in [-0.39, 0.29) is 17.7 Å². The van der Waals surface area contributed by atoms with Crippen LogP contribution in [0.25, 0.3) is 0 Å². The van der Waals surface area contributed by atoms with Crippen molar-refractivity contribution in [1.29, 1.82) is 0 Å². The standard InChI is InChI=1S/C15H14N2O4S/c16-15(20)11-5-1-2-6-12(11)17-13(18)9-21-14(19)8-10-4-3-7-22-10/h1-7H,8-9H2,(H2,16,20)(H,17,18). The normalized spacial score (nSPS) is 10.0. The first kappa shape index (κ1) is 15.7. The number of anilines is 1. The molecular formula is C15H14N2O4S. The SMILES string of the molecule is NC(=O)c1ccccc1NC(=O)COC(=O)Cc1cccs1. The number of carbonyl (C=O) groups excluding carboxylic acids is 3. The summed E-state index contributed by atoms with van der Waals surface area (Å²) in [7, 11) is 0. The number of nitrogens with one attached hydrogen (secondary N) is 1. The van der Waals surface area contributed by atoms with Crippen LogP contribution in [0.3, 0.4) is 0 Å². The summed E-state index contributed by atoms with van der Waals surface area (Å²) in [5.74, 6) is -1.67. The molecular weight excluding hydrogens is 304 g/mol. The van der Waals surface area contributed by atoms with Crippen LogP contribution in [0.2, 0.25) is 0 Å². The zero-order valence-corrected chi connectivity index (χ0v) is 12.4. The van der Waals surface area contributed by atoms with Crippen LogP contribution in [-0.4, -0.2) is 24.4 Å². The fourth-order valence-corrected chi connectivity index (χ4v) is 2.44. The monoisotopic (exact) mass is 318 g/mol. The molecule has 0 aliphatic rings. The lowest BCUT2D eigenvalue weighted by Crippen LogP contribution is -2.23. The van der Waals surface area contributed by atoms with Crippen LogP contribution in [0.15, 0.2) is 41.8 Å². The van der Waals surface area contributed by atoms with Crippen molar-refractivity contribution in [2.24, 2.45) is 5.73 Å². The number of amides is 2. The summed E-state index contributed by atoms with van der Waals surface area (Å²) < 4.78 is 4.89. The van der Waals surface area contributed by atoms with Crippen LogP contribution in [0.1, 0.15) is 15.2 Å². The summed E-state index contributed by atoms with van der Waals surface area (Å²) >= 11 is 1.44. The zero-order chi connectivity index (χ0) is 15.9. The minimum Gasteiger partial charge on any atom is -0.455 e. The first-order valence-corrected chi connectivity index (χ1v) is 7.31. The van der Waals surface area contributed by atoms with Gasteiger partial charge in [-0.05, 0) is 23.6 Å². The third kappa shape index (κ3) is 4.42. The highest BCUT2D eigenvalue weighted by molar-refractivity contribution is 7.10. The van der Waals surface area contributed by atoms with Crippen molar-refractivity contribution in [1.82, 2.24) is 0 Å². The topological polar surface area (TPSA) is 98.5 Å². The van der Waals surface area contributed by atoms with Crippen LogP contribution in [0.5, 0.6) is 0 Å². The minimum absolute atomic E-state index is 0.128. The molecule has 0 radical (unpaired) electrons. The second kappa shape index (κ2) is 7.37. The van der Waals surface area contributed by atoms with E-state index in [2.05, 4.69) is 5.32 Å². The lowest BCUT2D eigenvalue weighted by atomic mass is 10.1. The molecule has 2 rings (SSSR count). The van der Waals surface area contributed by atoms with Gasteiger partial charge in [0.2, 0.25) is 0 Å². The molecule has 0 aliphatic heterocycles. The fraction of sp³-hybridized carbons (Fsp3) is 0.133. The van der Waals surface area contributed by atoms with E-state index >= 15 is 0 Å². The molecule has 0 aliphatic carbocycles. The molecule has 0 atom stereocenters. The fourth-order valence-electron chi connectivity index (χ4n) is 1.75. The van der Waals surface area contributed by atoms with Gasteiger partial charge in [-0.25, -0.2) is 0 Å². The molecule has 2 amide bonds. The largest absolute Gasteiger partial charge is 0.455 e. The average molecular weight is 318 g/mol. The Bertz CT molecular complexity index is 683. The maximum absolute atomic E-state index is 11.8. The summed E-state index contributed by atoms with van der Waals surface area (Å²) in [6.45, 7) is -0.419. The van der Waals surface area contributed by atoms with Gasteiger partial charge in [0.1, 0.15) is 0 Å². The van der Waals surface area contributed by atoms with Crippen molar-refractivity contribution in [3.63, 3.8) is 0 Å². The molecule has 1 aromatic heterocycles. The number of ether oxygens (including phenoxy) is 1. The predicted molar refractivity (Wildman–Crippen MR) is 82.6 cm³/mol. The molecule has 3 N–H and O–H groups in total. The molecule has 0 spiro atoms. The Morgan fingerprint density at radius 2 is 1.91 bits per heavy atom. The number of thiophene rings is 1. The number of hydrogen-bond donors (Lipinski definition) is 2. The van der Waals surface area contributed by atoms with Crippen molar-refractivity contribution in [3.8, 4) is 0 Å². The summed E-state index contributed by atoms with van der Waals surface area (Å²) in [5.41, 5.74) is 5.70. The Kier molecular flexibility index (Phi) is 5.26. The summed E-state index contributed by atoms with van der Waals surface area (Å²) in [6, 6.07) is 9.99. The molecule has 0 saturated heterocycles. The Morgan fingerprint density at radius 3 is 2.59 bits per heavy atom. The first-order chi connectivity index (χ1) is 10.6. The van der Waals surface area contributed by atoms with Crippen molar-refractivity contribution in [2.75, 3.05) is 11.9 Å². The number of carbonyl (C=O) groups is 3. The van der Waals surface area contributed by atoms with Gasteiger partial charge in [0, 0.05) is 4.88 Å². The molecule has 6 nitrogen and oxygen atoms in total. The number of hydrogen-bond acceptors (Lipinski definition) is 5. The van der Waals surface area contributed by atoms with Crippen LogP contribution in [0, 0.1) is 0 Å². The van der Waals surface area contributed by atoms with E-state index in [0.29, 0.717) is 0 Å². The van der Waals surface area contributed by atoms with Crippen LogP contribution in [-0.2, 0) is 20.7 Å². The quantitative estimate of drug-likeness (QED) is 0.790. The smallest absolute Gasteiger partial charge is 0.311 e. The van der Waals surface area contributed by atoms with E-state index < -0.39 is 24.4 Å². The van der Waals surface area contributed by atoms with E-state index in [1.807, 2.05) is 17.5 Å². The Hall–Kier alpha value is -2.67. The molecule has 0 unspecified atom stereocenters. The number of para-hydroxylation sites is 1. The van der Waals surface area contributed by atoms with Crippen molar-refractivity contribution in [2.45, 2.75) is 6.42 Å². The number of primary amides is 1. The van der Waals surface area contributed by atoms with Gasteiger partial charge in [0.25, 0.3) is 11.8 Å². The molecule has 114 valence electrons. The predicted octanol–water partition coefficient (Wildman–Crippen LogP) is 1.57. The van der Waals surface area contributed by atoms with Gasteiger partial charge in [0.05, 0.1) is 17.7 Å². The zero-order valence-electron chi connectivity index (χ0n) is 11.6. The molecule has 1 heterocycles. The lowest BCUT2D eigenvalue weighted by molar-refractivity contribution is -0.146.